The minimum Gasteiger partial charge on any atom is -0.336 e. The third kappa shape index (κ3) is 4.84. The van der Waals surface area contributed by atoms with Crippen molar-refractivity contribution in [2.24, 2.45) is 7.05 Å². The number of aromatic nitrogens is 5. The Morgan fingerprint density at radius 3 is 2.65 bits per heavy atom. The molecule has 0 unspecified atom stereocenters. The van der Waals surface area contributed by atoms with Gasteiger partial charge >= 0.3 is 6.03 Å². The molecule has 190 valence electrons. The molecular formula is C27H29FN8O. The number of halogens is 1. The van der Waals surface area contributed by atoms with E-state index in [1.165, 1.54) is 28.1 Å². The summed E-state index contributed by atoms with van der Waals surface area (Å²) >= 11 is 0. The van der Waals surface area contributed by atoms with Gasteiger partial charge < -0.3 is 14.8 Å². The standard InChI is InChI=1S/C27H29FN8O/c1-33-31-26(30-32-33)17-19-2-7-25-23(16-19)24(18-36(25)22-5-3-21(28)4-6-22)20-8-11-34(12-9-20)14-15-35-13-10-29-27(35)37/h2-8,16,18H,9-15,17H2,1H3,(H,29,37). The van der Waals surface area contributed by atoms with E-state index in [9.17, 15) is 9.18 Å². The predicted molar refractivity (Wildman–Crippen MR) is 139 cm³/mol. The molecule has 2 aromatic heterocycles. The van der Waals surface area contributed by atoms with Crippen molar-refractivity contribution in [2.75, 3.05) is 39.3 Å². The third-order valence-electron chi connectivity index (χ3n) is 7.16. The first kappa shape index (κ1) is 23.4. The topological polar surface area (TPSA) is 84.1 Å². The molecule has 9 nitrogen and oxygen atoms in total. The first-order chi connectivity index (χ1) is 18.0. The van der Waals surface area contributed by atoms with Gasteiger partial charge in [-0.2, -0.15) is 4.80 Å². The molecule has 2 aromatic carbocycles. The third-order valence-corrected chi connectivity index (χ3v) is 7.16. The van der Waals surface area contributed by atoms with Crippen molar-refractivity contribution >= 4 is 22.5 Å². The summed E-state index contributed by atoms with van der Waals surface area (Å²) in [6, 6.07) is 13.1. The van der Waals surface area contributed by atoms with Crippen LogP contribution >= 0.6 is 0 Å². The maximum atomic E-state index is 13.6. The Balaban J connectivity index is 1.30. The summed E-state index contributed by atoms with van der Waals surface area (Å²) in [5, 5.41) is 16.4. The number of carbonyl (C=O) groups is 1. The molecule has 0 saturated carbocycles. The maximum absolute atomic E-state index is 13.6. The molecule has 0 bridgehead atoms. The minimum atomic E-state index is -0.249. The molecule has 1 fully saturated rings. The van der Waals surface area contributed by atoms with E-state index in [1.807, 2.05) is 4.90 Å². The quantitative estimate of drug-likeness (QED) is 0.422. The van der Waals surface area contributed by atoms with Gasteiger partial charge in [-0.25, -0.2) is 9.18 Å². The molecule has 4 aromatic rings. The van der Waals surface area contributed by atoms with Gasteiger partial charge in [0.2, 0.25) is 0 Å². The van der Waals surface area contributed by atoms with Crippen molar-refractivity contribution in [2.45, 2.75) is 12.8 Å². The second-order valence-electron chi connectivity index (χ2n) is 9.61. The first-order valence-electron chi connectivity index (χ1n) is 12.6. The van der Waals surface area contributed by atoms with Crippen molar-refractivity contribution < 1.29 is 9.18 Å². The molecule has 1 saturated heterocycles. The van der Waals surface area contributed by atoms with Crippen molar-refractivity contribution in [3.05, 3.63) is 77.5 Å². The average molecular weight is 501 g/mol. The Morgan fingerprint density at radius 2 is 1.95 bits per heavy atom. The molecule has 4 heterocycles. The zero-order valence-electron chi connectivity index (χ0n) is 20.8. The Bertz CT molecular complexity index is 1470. The fraction of sp³-hybridized carbons (Fsp3) is 0.333. The molecule has 37 heavy (non-hydrogen) atoms. The lowest BCUT2D eigenvalue weighted by Crippen LogP contribution is -2.38. The predicted octanol–water partition coefficient (Wildman–Crippen LogP) is 3.00. The van der Waals surface area contributed by atoms with Crippen LogP contribution in [-0.2, 0) is 13.5 Å². The van der Waals surface area contributed by atoms with Gasteiger partial charge in [-0.1, -0.05) is 12.1 Å². The molecule has 2 aliphatic rings. The van der Waals surface area contributed by atoms with Crippen molar-refractivity contribution in [3.8, 4) is 5.69 Å². The van der Waals surface area contributed by atoms with Crippen LogP contribution in [0.25, 0.3) is 22.2 Å². The lowest BCUT2D eigenvalue weighted by atomic mass is 9.97. The smallest absolute Gasteiger partial charge is 0.317 e. The molecular weight excluding hydrogens is 471 g/mol. The van der Waals surface area contributed by atoms with Gasteiger partial charge in [0, 0.05) is 68.5 Å². The SMILES string of the molecule is Cn1nnc(Cc2ccc3c(c2)c(C2=CCN(CCN4CCNC4=O)CC2)cn3-c2ccc(F)cc2)n1. The van der Waals surface area contributed by atoms with Crippen LogP contribution in [0.1, 0.15) is 23.4 Å². The highest BCUT2D eigenvalue weighted by atomic mass is 19.1. The van der Waals surface area contributed by atoms with E-state index in [-0.39, 0.29) is 11.8 Å². The number of hydrogen-bond acceptors (Lipinski definition) is 5. The fourth-order valence-electron chi connectivity index (χ4n) is 5.18. The summed E-state index contributed by atoms with van der Waals surface area (Å²) in [6.45, 7) is 4.91. The number of carbonyl (C=O) groups excluding carboxylic acids is 1. The van der Waals surface area contributed by atoms with Gasteiger partial charge in [0.05, 0.1) is 12.6 Å². The lowest BCUT2D eigenvalue weighted by molar-refractivity contribution is 0.205. The Kier molecular flexibility index (Phi) is 6.17. The van der Waals surface area contributed by atoms with Gasteiger partial charge in [0.25, 0.3) is 0 Å². The van der Waals surface area contributed by atoms with Crippen LogP contribution in [0.15, 0.2) is 54.7 Å². The van der Waals surface area contributed by atoms with Crippen LogP contribution in [0.2, 0.25) is 0 Å². The Morgan fingerprint density at radius 1 is 1.08 bits per heavy atom. The van der Waals surface area contributed by atoms with Crippen molar-refractivity contribution in [1.29, 1.82) is 0 Å². The molecule has 0 spiro atoms. The Hall–Kier alpha value is -4.05. The summed E-state index contributed by atoms with van der Waals surface area (Å²) < 4.78 is 15.8. The highest BCUT2D eigenvalue weighted by Crippen LogP contribution is 2.34. The van der Waals surface area contributed by atoms with Crippen LogP contribution in [0.4, 0.5) is 9.18 Å². The summed E-state index contributed by atoms with van der Waals surface area (Å²) in [5.74, 6) is 0.432. The molecule has 0 aliphatic carbocycles. The normalized spacial score (nSPS) is 16.4. The number of rotatable bonds is 7. The maximum Gasteiger partial charge on any atom is 0.317 e. The van der Waals surface area contributed by atoms with Crippen molar-refractivity contribution in [3.63, 3.8) is 0 Å². The second-order valence-corrected chi connectivity index (χ2v) is 9.61. The summed E-state index contributed by atoms with van der Waals surface area (Å²) in [5.41, 5.74) is 5.59. The zero-order chi connectivity index (χ0) is 25.4. The van der Waals surface area contributed by atoms with E-state index in [0.29, 0.717) is 12.2 Å². The lowest BCUT2D eigenvalue weighted by Gasteiger charge is -2.28. The van der Waals surface area contributed by atoms with Gasteiger partial charge in [-0.15, -0.1) is 10.2 Å². The monoisotopic (exact) mass is 500 g/mol. The number of aryl methyl sites for hydroxylation is 1. The van der Waals surface area contributed by atoms with Crippen molar-refractivity contribution in [1.82, 2.24) is 39.9 Å². The number of amides is 2. The molecule has 2 amide bonds. The molecule has 2 aliphatic heterocycles. The average Bonchev–Trinajstić information content (AvgIpc) is 3.62. The number of fused-ring (bicyclic) bond motifs is 1. The number of tetrazole rings is 1. The van der Waals surface area contributed by atoms with E-state index >= 15 is 0 Å². The van der Waals surface area contributed by atoms with Crippen LogP contribution < -0.4 is 5.32 Å². The number of hydrogen-bond donors (Lipinski definition) is 1. The van der Waals surface area contributed by atoms with E-state index in [4.69, 9.17) is 0 Å². The highest BCUT2D eigenvalue weighted by molar-refractivity contribution is 5.95. The van der Waals surface area contributed by atoms with Gasteiger partial charge in [-0.3, -0.25) is 4.90 Å². The highest BCUT2D eigenvalue weighted by Gasteiger charge is 2.22. The van der Waals surface area contributed by atoms with Crippen LogP contribution in [0.3, 0.4) is 0 Å². The number of benzene rings is 2. The fourth-order valence-corrected chi connectivity index (χ4v) is 5.18. The molecule has 1 N–H and O–H groups in total. The zero-order valence-corrected chi connectivity index (χ0v) is 20.8. The minimum absolute atomic E-state index is 0.0364. The van der Waals surface area contributed by atoms with Gasteiger partial charge in [0.1, 0.15) is 5.82 Å². The van der Waals surface area contributed by atoms with E-state index < -0.39 is 0 Å². The van der Waals surface area contributed by atoms with Crippen LogP contribution in [0.5, 0.6) is 0 Å². The van der Waals surface area contributed by atoms with Gasteiger partial charge in [0.15, 0.2) is 5.82 Å². The first-order valence-corrected chi connectivity index (χ1v) is 12.6. The molecule has 0 atom stereocenters. The molecule has 10 heteroatoms. The van der Waals surface area contributed by atoms with Crippen LogP contribution in [0, 0.1) is 5.82 Å². The largest absolute Gasteiger partial charge is 0.336 e. The van der Waals surface area contributed by atoms with Crippen LogP contribution in [-0.4, -0.2) is 79.9 Å². The van der Waals surface area contributed by atoms with E-state index in [0.717, 1.165) is 67.8 Å². The Labute approximate surface area is 214 Å². The molecule has 6 rings (SSSR count). The number of nitrogens with one attached hydrogen (secondary N) is 1. The summed E-state index contributed by atoms with van der Waals surface area (Å²) in [4.78, 5) is 17.6. The van der Waals surface area contributed by atoms with E-state index in [2.05, 4.69) is 60.7 Å². The summed E-state index contributed by atoms with van der Waals surface area (Å²) in [6.07, 6.45) is 5.99. The number of urea groups is 1. The second kappa shape index (κ2) is 9.78. The number of nitrogens with zero attached hydrogens (tertiary/aromatic N) is 7. The van der Waals surface area contributed by atoms with E-state index in [1.54, 1.807) is 19.2 Å². The molecule has 0 radical (unpaired) electrons. The summed E-state index contributed by atoms with van der Waals surface area (Å²) in [7, 11) is 1.76. The van der Waals surface area contributed by atoms with Gasteiger partial charge in [-0.05, 0) is 59.2 Å².